The number of hydrogen-bond acceptors (Lipinski definition) is 6. The Hall–Kier alpha value is -1.70. The molecule has 1 aromatic rings. The smallest absolute Gasteiger partial charge is 0.287 e. The van der Waals surface area contributed by atoms with Crippen LogP contribution in [0.3, 0.4) is 0 Å². The van der Waals surface area contributed by atoms with Crippen molar-refractivity contribution in [2.24, 2.45) is 5.41 Å². The minimum Gasteiger partial charge on any atom is -0.369 e. The number of pyridine rings is 1. The van der Waals surface area contributed by atoms with E-state index in [2.05, 4.69) is 10.3 Å². The molecule has 0 aromatic carbocycles. The Kier molecular flexibility index (Phi) is 3.44. The molecule has 8 heteroatoms. The Morgan fingerprint density at radius 1 is 1.47 bits per heavy atom. The fraction of sp³-hybridized carbons (Fsp3) is 0.545. The average molecular weight is 285 g/mol. The van der Waals surface area contributed by atoms with Crippen molar-refractivity contribution in [3.63, 3.8) is 0 Å². The van der Waals surface area contributed by atoms with Crippen LogP contribution < -0.4 is 5.32 Å². The highest BCUT2D eigenvalue weighted by Crippen LogP contribution is 2.46. The van der Waals surface area contributed by atoms with Gasteiger partial charge in [-0.15, -0.1) is 0 Å². The predicted octanol–water partition coefficient (Wildman–Crippen LogP) is 1.23. The molecule has 1 aromatic heterocycles. The number of sulfone groups is 1. The molecule has 1 heterocycles. The predicted molar refractivity (Wildman–Crippen MR) is 70.8 cm³/mol. The molecule has 0 radical (unpaired) electrons. The first-order valence-corrected chi connectivity index (χ1v) is 7.88. The monoisotopic (exact) mass is 285 g/mol. The van der Waals surface area contributed by atoms with E-state index in [0.717, 1.165) is 12.8 Å². The summed E-state index contributed by atoms with van der Waals surface area (Å²) in [5.74, 6) is 0.686. The highest BCUT2D eigenvalue weighted by atomic mass is 32.2. The first kappa shape index (κ1) is 13.7. The SMILES string of the molecule is CS(=O)(=O)CC1(CNc2ccc([N+](=O)[O-])cn2)CC1. The molecule has 1 fully saturated rings. The van der Waals surface area contributed by atoms with E-state index in [1.807, 2.05) is 0 Å². The third-order valence-electron chi connectivity index (χ3n) is 3.13. The van der Waals surface area contributed by atoms with Gasteiger partial charge in [0.25, 0.3) is 5.69 Å². The summed E-state index contributed by atoms with van der Waals surface area (Å²) in [6.07, 6.45) is 4.16. The van der Waals surface area contributed by atoms with E-state index in [4.69, 9.17) is 0 Å². The van der Waals surface area contributed by atoms with Crippen molar-refractivity contribution in [1.82, 2.24) is 4.98 Å². The van der Waals surface area contributed by atoms with Crippen LogP contribution in [-0.4, -0.2) is 36.9 Å². The van der Waals surface area contributed by atoms with Crippen molar-refractivity contribution >= 4 is 21.3 Å². The zero-order chi connectivity index (χ0) is 14.1. The molecule has 1 aliphatic carbocycles. The number of rotatable bonds is 6. The molecule has 0 atom stereocenters. The number of anilines is 1. The van der Waals surface area contributed by atoms with E-state index >= 15 is 0 Å². The summed E-state index contributed by atoms with van der Waals surface area (Å²) in [5, 5.41) is 13.5. The molecule has 2 rings (SSSR count). The summed E-state index contributed by atoms with van der Waals surface area (Å²) in [7, 11) is -2.99. The zero-order valence-electron chi connectivity index (χ0n) is 10.5. The van der Waals surface area contributed by atoms with Crippen molar-refractivity contribution < 1.29 is 13.3 Å². The van der Waals surface area contributed by atoms with E-state index < -0.39 is 14.8 Å². The van der Waals surface area contributed by atoms with Gasteiger partial charge in [-0.1, -0.05) is 0 Å². The lowest BCUT2D eigenvalue weighted by Crippen LogP contribution is -2.24. The summed E-state index contributed by atoms with van der Waals surface area (Å²) in [5.41, 5.74) is -0.264. The first-order valence-electron chi connectivity index (χ1n) is 5.82. The van der Waals surface area contributed by atoms with Gasteiger partial charge in [0.15, 0.2) is 0 Å². The molecular formula is C11H15N3O4S. The number of nitrogens with zero attached hydrogens (tertiary/aromatic N) is 2. The Morgan fingerprint density at radius 3 is 2.58 bits per heavy atom. The van der Waals surface area contributed by atoms with Crippen molar-refractivity contribution in [2.75, 3.05) is 23.9 Å². The Labute approximate surface area is 111 Å². The van der Waals surface area contributed by atoms with Crippen LogP contribution in [0.25, 0.3) is 0 Å². The Balaban J connectivity index is 1.94. The molecule has 1 N–H and O–H groups in total. The Morgan fingerprint density at radius 2 is 2.16 bits per heavy atom. The number of nitro groups is 1. The maximum atomic E-state index is 11.3. The van der Waals surface area contributed by atoms with Crippen LogP contribution in [0, 0.1) is 15.5 Å². The topological polar surface area (TPSA) is 102 Å². The van der Waals surface area contributed by atoms with Crippen molar-refractivity contribution in [3.8, 4) is 0 Å². The minimum atomic E-state index is -2.99. The number of aromatic nitrogens is 1. The lowest BCUT2D eigenvalue weighted by Gasteiger charge is -2.15. The van der Waals surface area contributed by atoms with Crippen molar-refractivity contribution in [1.29, 1.82) is 0 Å². The molecule has 1 saturated carbocycles. The number of nitrogens with one attached hydrogen (secondary N) is 1. The highest BCUT2D eigenvalue weighted by Gasteiger charge is 2.44. The summed E-state index contributed by atoms with van der Waals surface area (Å²) in [6, 6.07) is 2.89. The lowest BCUT2D eigenvalue weighted by molar-refractivity contribution is -0.385. The molecule has 19 heavy (non-hydrogen) atoms. The molecule has 0 spiro atoms. The molecule has 1 aliphatic rings. The molecule has 0 aliphatic heterocycles. The number of hydrogen-bond donors (Lipinski definition) is 1. The third kappa shape index (κ3) is 3.88. The van der Waals surface area contributed by atoms with Gasteiger partial charge in [0.05, 0.1) is 10.7 Å². The van der Waals surface area contributed by atoms with Crippen LogP contribution in [0.4, 0.5) is 11.5 Å². The molecule has 104 valence electrons. The van der Waals surface area contributed by atoms with Crippen LogP contribution in [-0.2, 0) is 9.84 Å². The minimum absolute atomic E-state index is 0.0668. The van der Waals surface area contributed by atoms with Gasteiger partial charge in [-0.05, 0) is 18.9 Å². The normalized spacial score (nSPS) is 16.9. The quantitative estimate of drug-likeness (QED) is 0.623. The lowest BCUT2D eigenvalue weighted by atomic mass is 10.1. The van der Waals surface area contributed by atoms with E-state index in [0.29, 0.717) is 12.4 Å². The van der Waals surface area contributed by atoms with Gasteiger partial charge in [0, 0.05) is 24.3 Å². The van der Waals surface area contributed by atoms with Crippen LogP contribution in [0.5, 0.6) is 0 Å². The van der Waals surface area contributed by atoms with Gasteiger partial charge in [0.1, 0.15) is 21.9 Å². The second-order valence-corrected chi connectivity index (χ2v) is 7.22. The van der Waals surface area contributed by atoms with E-state index in [1.165, 1.54) is 24.6 Å². The second-order valence-electron chi connectivity index (χ2n) is 5.08. The van der Waals surface area contributed by atoms with Crippen molar-refractivity contribution in [3.05, 3.63) is 28.4 Å². The summed E-state index contributed by atoms with van der Waals surface area (Å²) < 4.78 is 22.6. The van der Waals surface area contributed by atoms with Crippen LogP contribution in [0.2, 0.25) is 0 Å². The van der Waals surface area contributed by atoms with Crippen molar-refractivity contribution in [2.45, 2.75) is 12.8 Å². The van der Waals surface area contributed by atoms with Gasteiger partial charge in [-0.2, -0.15) is 0 Å². The molecule has 0 saturated heterocycles. The maximum absolute atomic E-state index is 11.3. The fourth-order valence-electron chi connectivity index (χ4n) is 1.98. The Bertz CT molecular complexity index is 578. The molecule has 0 bridgehead atoms. The fourth-order valence-corrected chi connectivity index (χ4v) is 3.48. The maximum Gasteiger partial charge on any atom is 0.287 e. The van der Waals surface area contributed by atoms with Gasteiger partial charge in [-0.3, -0.25) is 10.1 Å². The average Bonchev–Trinajstić information content (AvgIpc) is 3.05. The van der Waals surface area contributed by atoms with Crippen LogP contribution in [0.1, 0.15) is 12.8 Å². The van der Waals surface area contributed by atoms with Gasteiger partial charge in [0.2, 0.25) is 0 Å². The molecule has 7 nitrogen and oxygen atoms in total. The van der Waals surface area contributed by atoms with Gasteiger partial charge in [-0.25, -0.2) is 13.4 Å². The van der Waals surface area contributed by atoms with Gasteiger partial charge < -0.3 is 5.32 Å². The van der Waals surface area contributed by atoms with E-state index in [9.17, 15) is 18.5 Å². The summed E-state index contributed by atoms with van der Waals surface area (Å²) in [6.45, 7) is 0.519. The van der Waals surface area contributed by atoms with Crippen LogP contribution >= 0.6 is 0 Å². The standard InChI is InChI=1S/C11H15N3O4S/c1-19(17,18)8-11(4-5-11)7-13-10-3-2-9(6-12-10)14(15)16/h2-3,6H,4-5,7-8H2,1H3,(H,12,13). The van der Waals surface area contributed by atoms with E-state index in [1.54, 1.807) is 0 Å². The summed E-state index contributed by atoms with van der Waals surface area (Å²) >= 11 is 0. The summed E-state index contributed by atoms with van der Waals surface area (Å²) in [4.78, 5) is 13.9. The van der Waals surface area contributed by atoms with Gasteiger partial charge >= 0.3 is 0 Å². The highest BCUT2D eigenvalue weighted by molar-refractivity contribution is 7.90. The van der Waals surface area contributed by atoms with E-state index in [-0.39, 0.29) is 16.9 Å². The largest absolute Gasteiger partial charge is 0.369 e. The molecular weight excluding hydrogens is 270 g/mol. The third-order valence-corrected chi connectivity index (χ3v) is 4.27. The zero-order valence-corrected chi connectivity index (χ0v) is 11.3. The van der Waals surface area contributed by atoms with Crippen LogP contribution in [0.15, 0.2) is 18.3 Å². The molecule has 0 amide bonds. The molecule has 0 unspecified atom stereocenters. The second kappa shape index (κ2) is 4.76. The first-order chi connectivity index (χ1) is 8.80.